The fourth-order valence-electron chi connectivity index (χ4n) is 2.78. The number of aryl methyl sites for hydroxylation is 1. The summed E-state index contributed by atoms with van der Waals surface area (Å²) in [5, 5.41) is 13.9. The summed E-state index contributed by atoms with van der Waals surface area (Å²) in [6.07, 6.45) is -1.19. The standard InChI is InChI=1S/C21H17ClN2O8/c1-11-7-19(25)32-18-9-14(4-5-15(11)18)30-10-20(26)31-12(2)21(27)23-17-6-3-13(24(28)29)8-16(17)22/h3-9,12H,10H2,1-2H3,(H,23,27). The van der Waals surface area contributed by atoms with E-state index in [2.05, 4.69) is 5.32 Å². The van der Waals surface area contributed by atoms with Gasteiger partial charge in [0.05, 0.1) is 15.6 Å². The number of nitro groups is 1. The van der Waals surface area contributed by atoms with E-state index >= 15 is 0 Å². The number of rotatable bonds is 7. The summed E-state index contributed by atoms with van der Waals surface area (Å²) in [4.78, 5) is 45.9. The van der Waals surface area contributed by atoms with Gasteiger partial charge in [-0.2, -0.15) is 0 Å². The second kappa shape index (κ2) is 9.48. The number of halogens is 1. The minimum absolute atomic E-state index is 0.0346. The van der Waals surface area contributed by atoms with Gasteiger partial charge in [-0.3, -0.25) is 14.9 Å². The van der Waals surface area contributed by atoms with Crippen molar-refractivity contribution >= 4 is 45.8 Å². The number of ether oxygens (including phenoxy) is 2. The predicted octanol–water partition coefficient (Wildman–Crippen LogP) is 3.61. The van der Waals surface area contributed by atoms with Gasteiger partial charge < -0.3 is 19.2 Å². The number of esters is 1. The zero-order valence-electron chi connectivity index (χ0n) is 16.9. The Morgan fingerprint density at radius 3 is 2.66 bits per heavy atom. The number of hydrogen-bond acceptors (Lipinski definition) is 8. The molecule has 3 aromatic rings. The highest BCUT2D eigenvalue weighted by molar-refractivity contribution is 6.34. The summed E-state index contributed by atoms with van der Waals surface area (Å²) in [5.74, 6) is -1.22. The molecule has 10 nitrogen and oxygen atoms in total. The Hall–Kier alpha value is -3.92. The van der Waals surface area contributed by atoms with E-state index in [0.29, 0.717) is 5.58 Å². The lowest BCUT2D eigenvalue weighted by Gasteiger charge is -2.14. The molecule has 0 fully saturated rings. The Kier molecular flexibility index (Phi) is 6.74. The number of nitro benzene ring substituents is 1. The average Bonchev–Trinajstić information content (AvgIpc) is 2.73. The second-order valence-corrected chi connectivity index (χ2v) is 7.14. The molecule has 0 saturated heterocycles. The van der Waals surface area contributed by atoms with Crippen LogP contribution in [0.25, 0.3) is 11.0 Å². The van der Waals surface area contributed by atoms with Crippen molar-refractivity contribution < 1.29 is 28.4 Å². The number of benzene rings is 2. The number of anilines is 1. The number of amides is 1. The number of carbonyl (C=O) groups excluding carboxylic acids is 2. The number of nitrogens with zero attached hydrogens (tertiary/aromatic N) is 1. The smallest absolute Gasteiger partial charge is 0.344 e. The molecule has 1 aromatic heterocycles. The maximum absolute atomic E-state index is 12.2. The molecule has 1 unspecified atom stereocenters. The maximum atomic E-state index is 12.2. The molecule has 0 aliphatic rings. The topological polar surface area (TPSA) is 138 Å². The van der Waals surface area contributed by atoms with Crippen molar-refractivity contribution in [3.8, 4) is 5.75 Å². The van der Waals surface area contributed by atoms with Crippen LogP contribution in [0, 0.1) is 17.0 Å². The molecule has 3 rings (SSSR count). The van der Waals surface area contributed by atoms with E-state index in [1.165, 1.54) is 31.2 Å². The molecule has 0 aliphatic heterocycles. The first-order valence-electron chi connectivity index (χ1n) is 9.25. The van der Waals surface area contributed by atoms with Gasteiger partial charge in [0, 0.05) is 29.7 Å². The zero-order valence-corrected chi connectivity index (χ0v) is 17.7. The van der Waals surface area contributed by atoms with Gasteiger partial charge in [0.25, 0.3) is 11.6 Å². The molecular weight excluding hydrogens is 444 g/mol. The van der Waals surface area contributed by atoms with Gasteiger partial charge in [-0.1, -0.05) is 11.6 Å². The summed E-state index contributed by atoms with van der Waals surface area (Å²) < 4.78 is 15.5. The van der Waals surface area contributed by atoms with Crippen molar-refractivity contribution in [3.63, 3.8) is 0 Å². The Labute approximate surface area is 185 Å². The zero-order chi connectivity index (χ0) is 23.4. The normalized spacial score (nSPS) is 11.6. The van der Waals surface area contributed by atoms with Gasteiger partial charge in [0.2, 0.25) is 0 Å². The van der Waals surface area contributed by atoms with Crippen molar-refractivity contribution in [2.45, 2.75) is 20.0 Å². The molecular formula is C21H17ClN2O8. The first kappa shape index (κ1) is 22.8. The Morgan fingerprint density at radius 2 is 1.97 bits per heavy atom. The third kappa shape index (κ3) is 5.41. The molecule has 166 valence electrons. The number of non-ortho nitro benzene ring substituents is 1. The molecule has 0 aliphatic carbocycles. The van der Waals surface area contributed by atoms with Gasteiger partial charge in [-0.05, 0) is 37.6 Å². The minimum Gasteiger partial charge on any atom is -0.482 e. The van der Waals surface area contributed by atoms with Crippen LogP contribution in [0.3, 0.4) is 0 Å². The molecule has 0 spiro atoms. The molecule has 1 atom stereocenters. The minimum atomic E-state index is -1.19. The second-order valence-electron chi connectivity index (χ2n) is 6.74. The summed E-state index contributed by atoms with van der Waals surface area (Å²) in [5.41, 5.74) is 0.463. The van der Waals surface area contributed by atoms with E-state index in [4.69, 9.17) is 25.5 Å². The van der Waals surface area contributed by atoms with Crippen molar-refractivity contribution in [1.29, 1.82) is 0 Å². The summed E-state index contributed by atoms with van der Waals surface area (Å²) in [6, 6.07) is 9.69. The first-order chi connectivity index (χ1) is 15.1. The number of fused-ring (bicyclic) bond motifs is 1. The molecule has 2 aromatic carbocycles. The van der Waals surface area contributed by atoms with E-state index < -0.39 is 35.1 Å². The van der Waals surface area contributed by atoms with Crippen LogP contribution in [0.2, 0.25) is 5.02 Å². The van der Waals surface area contributed by atoms with Crippen LogP contribution in [-0.4, -0.2) is 29.5 Å². The molecule has 0 bridgehead atoms. The van der Waals surface area contributed by atoms with Crippen molar-refractivity contribution in [1.82, 2.24) is 0 Å². The van der Waals surface area contributed by atoms with Gasteiger partial charge >= 0.3 is 11.6 Å². The molecule has 1 heterocycles. The number of carbonyl (C=O) groups is 2. The van der Waals surface area contributed by atoms with E-state index in [-0.39, 0.29) is 22.1 Å². The highest BCUT2D eigenvalue weighted by atomic mass is 35.5. The summed E-state index contributed by atoms with van der Waals surface area (Å²) in [7, 11) is 0. The van der Waals surface area contributed by atoms with Crippen molar-refractivity contribution in [2.24, 2.45) is 0 Å². The fourth-order valence-corrected chi connectivity index (χ4v) is 3.00. The number of nitrogens with one attached hydrogen (secondary N) is 1. The highest BCUT2D eigenvalue weighted by Crippen LogP contribution is 2.27. The summed E-state index contributed by atoms with van der Waals surface area (Å²) >= 11 is 5.93. The Morgan fingerprint density at radius 1 is 1.22 bits per heavy atom. The lowest BCUT2D eigenvalue weighted by atomic mass is 10.1. The van der Waals surface area contributed by atoms with Crippen LogP contribution >= 0.6 is 11.6 Å². The van der Waals surface area contributed by atoms with Crippen LogP contribution in [0.5, 0.6) is 5.75 Å². The van der Waals surface area contributed by atoms with Gasteiger partial charge in [0.15, 0.2) is 12.7 Å². The van der Waals surface area contributed by atoms with Gasteiger partial charge in [0.1, 0.15) is 11.3 Å². The average molecular weight is 461 g/mol. The Balaban J connectivity index is 1.56. The molecule has 32 heavy (non-hydrogen) atoms. The van der Waals surface area contributed by atoms with Crippen LogP contribution in [-0.2, 0) is 14.3 Å². The van der Waals surface area contributed by atoms with Crippen LogP contribution in [0.4, 0.5) is 11.4 Å². The third-order valence-corrected chi connectivity index (χ3v) is 4.69. The quantitative estimate of drug-likeness (QED) is 0.244. The van der Waals surface area contributed by atoms with Crippen molar-refractivity contribution in [3.05, 3.63) is 73.6 Å². The van der Waals surface area contributed by atoms with Crippen molar-refractivity contribution in [2.75, 3.05) is 11.9 Å². The molecule has 11 heteroatoms. The van der Waals surface area contributed by atoms with E-state index in [0.717, 1.165) is 17.0 Å². The van der Waals surface area contributed by atoms with E-state index in [1.54, 1.807) is 19.1 Å². The lowest BCUT2D eigenvalue weighted by Crippen LogP contribution is -2.31. The third-order valence-electron chi connectivity index (χ3n) is 4.38. The maximum Gasteiger partial charge on any atom is 0.344 e. The largest absolute Gasteiger partial charge is 0.482 e. The SMILES string of the molecule is Cc1cc(=O)oc2cc(OCC(=O)OC(C)C(=O)Nc3ccc([N+](=O)[O-])cc3Cl)ccc12. The molecule has 1 N–H and O–H groups in total. The molecule has 0 saturated carbocycles. The molecule has 0 radical (unpaired) electrons. The van der Waals surface area contributed by atoms with Gasteiger partial charge in [-0.25, -0.2) is 9.59 Å². The Bertz CT molecular complexity index is 1270. The van der Waals surface area contributed by atoms with E-state index in [9.17, 15) is 24.5 Å². The van der Waals surface area contributed by atoms with Crippen LogP contribution in [0.15, 0.2) is 51.7 Å². The van der Waals surface area contributed by atoms with Crippen LogP contribution in [0.1, 0.15) is 12.5 Å². The molecule has 1 amide bonds. The summed E-state index contributed by atoms with van der Waals surface area (Å²) in [6.45, 7) is 2.63. The lowest BCUT2D eigenvalue weighted by molar-refractivity contribution is -0.384. The van der Waals surface area contributed by atoms with Gasteiger partial charge in [-0.15, -0.1) is 0 Å². The number of hydrogen-bond donors (Lipinski definition) is 1. The monoisotopic (exact) mass is 460 g/mol. The fraction of sp³-hybridized carbons (Fsp3) is 0.190. The first-order valence-corrected chi connectivity index (χ1v) is 9.63. The van der Waals surface area contributed by atoms with Crippen LogP contribution < -0.4 is 15.7 Å². The highest BCUT2D eigenvalue weighted by Gasteiger charge is 2.20. The predicted molar refractivity (Wildman–Crippen MR) is 115 cm³/mol. The van der Waals surface area contributed by atoms with E-state index in [1.807, 2.05) is 0 Å².